The van der Waals surface area contributed by atoms with Gasteiger partial charge in [-0.2, -0.15) is 0 Å². The molecule has 3 rings (SSSR count). The monoisotopic (exact) mass is 329 g/mol. The SMILES string of the molecule is CC[C@@H]1CCCN1C(=O)c1ccc(B2OC(C)(C)C(C)(C)O2)cc1. The van der Waals surface area contributed by atoms with Crippen LogP contribution in [-0.2, 0) is 9.31 Å². The van der Waals surface area contributed by atoms with Crippen molar-refractivity contribution >= 4 is 18.5 Å². The second-order valence-corrected chi connectivity index (χ2v) is 7.91. The van der Waals surface area contributed by atoms with E-state index in [9.17, 15) is 4.79 Å². The molecule has 0 radical (unpaired) electrons. The average molecular weight is 329 g/mol. The largest absolute Gasteiger partial charge is 0.494 e. The maximum Gasteiger partial charge on any atom is 0.494 e. The van der Waals surface area contributed by atoms with E-state index >= 15 is 0 Å². The lowest BCUT2D eigenvalue weighted by atomic mass is 9.79. The maximum absolute atomic E-state index is 12.7. The summed E-state index contributed by atoms with van der Waals surface area (Å²) < 4.78 is 12.1. The van der Waals surface area contributed by atoms with Gasteiger partial charge in [-0.15, -0.1) is 0 Å². The smallest absolute Gasteiger partial charge is 0.399 e. The normalized spacial score (nSPS) is 25.3. The van der Waals surface area contributed by atoms with E-state index in [1.807, 2.05) is 56.9 Å². The first-order valence-corrected chi connectivity index (χ1v) is 9.02. The Bertz CT molecular complexity index is 596. The minimum absolute atomic E-state index is 0.139. The van der Waals surface area contributed by atoms with Crippen molar-refractivity contribution in [1.29, 1.82) is 0 Å². The second-order valence-electron chi connectivity index (χ2n) is 7.91. The fraction of sp³-hybridized carbons (Fsp3) is 0.632. The molecule has 0 saturated carbocycles. The lowest BCUT2D eigenvalue weighted by molar-refractivity contribution is 0.00578. The number of nitrogens with zero attached hydrogens (tertiary/aromatic N) is 1. The summed E-state index contributed by atoms with van der Waals surface area (Å²) in [5.74, 6) is 0.139. The Kier molecular flexibility index (Phi) is 4.52. The van der Waals surface area contributed by atoms with Gasteiger partial charge in [-0.1, -0.05) is 19.1 Å². The van der Waals surface area contributed by atoms with Crippen LogP contribution in [0.3, 0.4) is 0 Å². The zero-order valence-corrected chi connectivity index (χ0v) is 15.5. The van der Waals surface area contributed by atoms with Crippen LogP contribution in [0, 0.1) is 0 Å². The Morgan fingerprint density at radius 1 is 1.17 bits per heavy atom. The predicted octanol–water partition coefficient (Wildman–Crippen LogP) is 3.00. The van der Waals surface area contributed by atoms with Gasteiger partial charge in [-0.25, -0.2) is 0 Å². The molecule has 2 aliphatic heterocycles. The van der Waals surface area contributed by atoms with Crippen molar-refractivity contribution in [3.63, 3.8) is 0 Å². The molecule has 24 heavy (non-hydrogen) atoms. The minimum atomic E-state index is -0.380. The molecule has 1 atom stereocenters. The van der Waals surface area contributed by atoms with E-state index in [2.05, 4.69) is 6.92 Å². The van der Waals surface area contributed by atoms with Gasteiger partial charge in [-0.3, -0.25) is 4.79 Å². The molecule has 0 aliphatic carbocycles. The van der Waals surface area contributed by atoms with Crippen molar-refractivity contribution in [2.24, 2.45) is 0 Å². The molecule has 2 aliphatic rings. The van der Waals surface area contributed by atoms with Crippen molar-refractivity contribution in [3.05, 3.63) is 29.8 Å². The molecule has 0 unspecified atom stereocenters. The predicted molar refractivity (Wildman–Crippen MR) is 96.5 cm³/mol. The van der Waals surface area contributed by atoms with Crippen molar-refractivity contribution < 1.29 is 14.1 Å². The highest BCUT2D eigenvalue weighted by molar-refractivity contribution is 6.62. The number of hydrogen-bond acceptors (Lipinski definition) is 3. The molecule has 1 amide bonds. The third kappa shape index (κ3) is 3.00. The molecular weight excluding hydrogens is 301 g/mol. The van der Waals surface area contributed by atoms with Gasteiger partial charge >= 0.3 is 7.12 Å². The van der Waals surface area contributed by atoms with Crippen molar-refractivity contribution in [1.82, 2.24) is 4.90 Å². The Hall–Kier alpha value is -1.33. The summed E-state index contributed by atoms with van der Waals surface area (Å²) in [6, 6.07) is 8.08. The lowest BCUT2D eigenvalue weighted by Crippen LogP contribution is -2.41. The number of rotatable bonds is 3. The number of likely N-dealkylation sites (tertiary alicyclic amines) is 1. The summed E-state index contributed by atoms with van der Waals surface area (Å²) in [5.41, 5.74) is 1.00. The molecule has 4 nitrogen and oxygen atoms in total. The number of amides is 1. The first kappa shape index (κ1) is 17.5. The zero-order valence-electron chi connectivity index (χ0n) is 15.5. The first-order valence-electron chi connectivity index (χ1n) is 9.02. The molecular formula is C19H28BNO3. The molecule has 2 fully saturated rings. The van der Waals surface area contributed by atoms with E-state index in [4.69, 9.17) is 9.31 Å². The van der Waals surface area contributed by atoms with E-state index in [0.717, 1.165) is 36.8 Å². The molecule has 1 aromatic carbocycles. The summed E-state index contributed by atoms with van der Waals surface area (Å²) in [5, 5.41) is 0. The van der Waals surface area contributed by atoms with Gasteiger partial charge in [0, 0.05) is 18.2 Å². The first-order chi connectivity index (χ1) is 11.2. The molecule has 0 spiro atoms. The van der Waals surface area contributed by atoms with Gasteiger partial charge in [0.05, 0.1) is 11.2 Å². The van der Waals surface area contributed by atoms with Gasteiger partial charge in [-0.05, 0) is 64.6 Å². The van der Waals surface area contributed by atoms with E-state index in [1.165, 1.54) is 0 Å². The molecule has 0 N–H and O–H groups in total. The van der Waals surface area contributed by atoms with Crippen LogP contribution in [-0.4, -0.2) is 41.7 Å². The van der Waals surface area contributed by atoms with Gasteiger partial charge in [0.2, 0.25) is 0 Å². The number of hydrogen-bond donors (Lipinski definition) is 0. The van der Waals surface area contributed by atoms with E-state index < -0.39 is 0 Å². The summed E-state index contributed by atoms with van der Waals surface area (Å²) in [6.07, 6.45) is 3.25. The summed E-state index contributed by atoms with van der Waals surface area (Å²) >= 11 is 0. The summed E-state index contributed by atoms with van der Waals surface area (Å²) in [6.45, 7) is 11.2. The van der Waals surface area contributed by atoms with E-state index in [1.54, 1.807) is 0 Å². The molecule has 2 heterocycles. The quantitative estimate of drug-likeness (QED) is 0.800. The van der Waals surface area contributed by atoms with Crippen LogP contribution < -0.4 is 5.46 Å². The molecule has 1 aromatic rings. The Morgan fingerprint density at radius 2 is 1.75 bits per heavy atom. The average Bonchev–Trinajstić information content (AvgIpc) is 3.09. The highest BCUT2D eigenvalue weighted by atomic mass is 16.7. The fourth-order valence-corrected chi connectivity index (χ4v) is 3.46. The van der Waals surface area contributed by atoms with Crippen molar-refractivity contribution in [3.8, 4) is 0 Å². The lowest BCUT2D eigenvalue weighted by Gasteiger charge is -2.32. The van der Waals surface area contributed by atoms with Crippen LogP contribution in [0.4, 0.5) is 0 Å². The third-order valence-electron chi connectivity index (χ3n) is 5.79. The van der Waals surface area contributed by atoms with Crippen molar-refractivity contribution in [2.45, 2.75) is 71.1 Å². The van der Waals surface area contributed by atoms with Crippen LogP contribution in [0.25, 0.3) is 0 Å². The van der Waals surface area contributed by atoms with Crippen LogP contribution >= 0.6 is 0 Å². The van der Waals surface area contributed by atoms with Crippen LogP contribution in [0.1, 0.15) is 64.2 Å². The number of carbonyl (C=O) groups excluding carboxylic acids is 1. The zero-order chi connectivity index (χ0) is 17.5. The second kappa shape index (κ2) is 6.19. The summed E-state index contributed by atoms with van der Waals surface area (Å²) in [4.78, 5) is 14.7. The minimum Gasteiger partial charge on any atom is -0.399 e. The highest BCUT2D eigenvalue weighted by Crippen LogP contribution is 2.36. The Morgan fingerprint density at radius 3 is 2.29 bits per heavy atom. The molecule has 0 aromatic heterocycles. The van der Waals surface area contributed by atoms with E-state index in [0.29, 0.717) is 6.04 Å². The standard InChI is InChI=1S/C19H28BNO3/c1-6-16-8-7-13-21(16)17(22)14-9-11-15(12-10-14)20-23-18(2,3)19(4,5)24-20/h9-12,16H,6-8,13H2,1-5H3/t16-/m1/s1. The Balaban J connectivity index is 1.74. The maximum atomic E-state index is 12.7. The van der Waals surface area contributed by atoms with Gasteiger partial charge in [0.1, 0.15) is 0 Å². The molecule has 130 valence electrons. The molecule has 2 saturated heterocycles. The van der Waals surface area contributed by atoms with Crippen LogP contribution in [0.2, 0.25) is 0 Å². The fourth-order valence-electron chi connectivity index (χ4n) is 3.46. The van der Waals surface area contributed by atoms with Crippen LogP contribution in [0.5, 0.6) is 0 Å². The van der Waals surface area contributed by atoms with Crippen molar-refractivity contribution in [2.75, 3.05) is 6.54 Å². The number of benzene rings is 1. The van der Waals surface area contributed by atoms with Gasteiger partial charge in [0.25, 0.3) is 5.91 Å². The highest BCUT2D eigenvalue weighted by Gasteiger charge is 2.51. The molecule has 5 heteroatoms. The van der Waals surface area contributed by atoms with Gasteiger partial charge in [0.15, 0.2) is 0 Å². The number of carbonyl (C=O) groups is 1. The Labute approximate surface area is 145 Å². The molecule has 0 bridgehead atoms. The van der Waals surface area contributed by atoms with E-state index in [-0.39, 0.29) is 24.2 Å². The van der Waals surface area contributed by atoms with Gasteiger partial charge < -0.3 is 14.2 Å². The third-order valence-corrected chi connectivity index (χ3v) is 5.79. The topological polar surface area (TPSA) is 38.8 Å². The van der Waals surface area contributed by atoms with Crippen LogP contribution in [0.15, 0.2) is 24.3 Å². The summed E-state index contributed by atoms with van der Waals surface area (Å²) in [7, 11) is -0.380.